The quantitative estimate of drug-likeness (QED) is 0.642. The Morgan fingerprint density at radius 2 is 1.82 bits per heavy atom. The maximum Gasteiger partial charge on any atom is 0.0510 e. The summed E-state index contributed by atoms with van der Waals surface area (Å²) in [7, 11) is 0. The van der Waals surface area contributed by atoms with Crippen LogP contribution in [0, 0.1) is 0 Å². The standard InChI is InChI=1S/C14H25N3/c1-7-13(11(5)15)10(4)8-14(16)12(6)17-9(2)3/h7-8,11,17H,2,15-16H2,1,3-6H3/b10-8+,13-7-,14-12-. The van der Waals surface area contributed by atoms with Crippen LogP contribution in [-0.2, 0) is 0 Å². The molecule has 0 radical (unpaired) electrons. The lowest BCUT2D eigenvalue weighted by molar-refractivity contribution is 0.864. The predicted molar refractivity (Wildman–Crippen MR) is 76.0 cm³/mol. The van der Waals surface area contributed by atoms with Crippen molar-refractivity contribution < 1.29 is 0 Å². The lowest BCUT2D eigenvalue weighted by Crippen LogP contribution is -2.19. The molecule has 0 aliphatic rings. The highest BCUT2D eigenvalue weighted by Gasteiger charge is 2.05. The van der Waals surface area contributed by atoms with Gasteiger partial charge >= 0.3 is 0 Å². The van der Waals surface area contributed by atoms with Crippen LogP contribution < -0.4 is 16.8 Å². The summed E-state index contributed by atoms with van der Waals surface area (Å²) in [6.07, 6.45) is 3.95. The summed E-state index contributed by atoms with van der Waals surface area (Å²) in [5, 5.41) is 3.10. The summed E-state index contributed by atoms with van der Waals surface area (Å²) in [6, 6.07) is 0.0125. The Balaban J connectivity index is 5.08. The third-order valence-electron chi connectivity index (χ3n) is 2.46. The summed E-state index contributed by atoms with van der Waals surface area (Å²) in [5.74, 6) is 0. The van der Waals surface area contributed by atoms with Gasteiger partial charge in [0.25, 0.3) is 0 Å². The van der Waals surface area contributed by atoms with Gasteiger partial charge in [-0.3, -0.25) is 0 Å². The average molecular weight is 235 g/mol. The molecule has 0 fully saturated rings. The molecule has 0 bridgehead atoms. The minimum Gasteiger partial charge on any atom is -0.397 e. The predicted octanol–water partition coefficient (Wildman–Crippen LogP) is 2.54. The summed E-state index contributed by atoms with van der Waals surface area (Å²) in [5.41, 5.74) is 16.5. The van der Waals surface area contributed by atoms with Crippen molar-refractivity contribution in [3.05, 3.63) is 47.0 Å². The SMILES string of the molecule is C=C(C)N/C(C)=C(N)/C=C(C)/C(=C/C)C(C)N. The molecule has 0 aliphatic carbocycles. The second-order valence-electron chi connectivity index (χ2n) is 4.35. The highest BCUT2D eigenvalue weighted by molar-refractivity contribution is 5.38. The Bertz CT molecular complexity index is 371. The highest BCUT2D eigenvalue weighted by atomic mass is 14.9. The van der Waals surface area contributed by atoms with Crippen molar-refractivity contribution in [1.82, 2.24) is 5.32 Å². The molecular weight excluding hydrogens is 210 g/mol. The van der Waals surface area contributed by atoms with Crippen LogP contribution in [0.1, 0.15) is 34.6 Å². The second-order valence-corrected chi connectivity index (χ2v) is 4.35. The molecule has 1 atom stereocenters. The van der Waals surface area contributed by atoms with Crippen LogP contribution in [0.4, 0.5) is 0 Å². The molecule has 5 N–H and O–H groups in total. The Morgan fingerprint density at radius 1 is 1.29 bits per heavy atom. The maximum atomic E-state index is 5.99. The zero-order chi connectivity index (χ0) is 13.6. The van der Waals surface area contributed by atoms with Crippen molar-refractivity contribution in [3.63, 3.8) is 0 Å². The van der Waals surface area contributed by atoms with E-state index in [9.17, 15) is 0 Å². The minimum atomic E-state index is 0.0125. The number of nitrogens with one attached hydrogen (secondary N) is 1. The monoisotopic (exact) mass is 235 g/mol. The molecular formula is C14H25N3. The Labute approximate surface area is 105 Å². The minimum absolute atomic E-state index is 0.0125. The summed E-state index contributed by atoms with van der Waals surface area (Å²) < 4.78 is 0. The number of nitrogens with two attached hydrogens (primary N) is 2. The molecule has 0 saturated heterocycles. The second kappa shape index (κ2) is 6.97. The van der Waals surface area contributed by atoms with Gasteiger partial charge in [0.05, 0.1) is 5.70 Å². The van der Waals surface area contributed by atoms with Gasteiger partial charge in [-0.05, 0) is 51.8 Å². The first-order chi connectivity index (χ1) is 7.79. The fraction of sp³-hybridized carbons (Fsp3) is 0.429. The molecule has 3 nitrogen and oxygen atoms in total. The van der Waals surface area contributed by atoms with Crippen LogP contribution >= 0.6 is 0 Å². The zero-order valence-corrected chi connectivity index (χ0v) is 11.6. The topological polar surface area (TPSA) is 64.1 Å². The van der Waals surface area contributed by atoms with E-state index in [-0.39, 0.29) is 6.04 Å². The van der Waals surface area contributed by atoms with Gasteiger partial charge in [-0.2, -0.15) is 0 Å². The lowest BCUT2D eigenvalue weighted by Gasteiger charge is -2.13. The highest BCUT2D eigenvalue weighted by Crippen LogP contribution is 2.14. The average Bonchev–Trinajstić information content (AvgIpc) is 2.16. The van der Waals surface area contributed by atoms with E-state index < -0.39 is 0 Å². The lowest BCUT2D eigenvalue weighted by atomic mass is 10.0. The van der Waals surface area contributed by atoms with Crippen LogP contribution in [-0.4, -0.2) is 6.04 Å². The first-order valence-corrected chi connectivity index (χ1v) is 5.78. The van der Waals surface area contributed by atoms with Gasteiger partial charge < -0.3 is 16.8 Å². The van der Waals surface area contributed by atoms with Crippen molar-refractivity contribution in [3.8, 4) is 0 Å². The van der Waals surface area contributed by atoms with Crippen molar-refractivity contribution >= 4 is 0 Å². The van der Waals surface area contributed by atoms with E-state index in [0.29, 0.717) is 5.70 Å². The molecule has 0 amide bonds. The number of allylic oxidation sites excluding steroid dienone is 4. The molecule has 1 unspecified atom stereocenters. The van der Waals surface area contributed by atoms with E-state index in [1.165, 1.54) is 0 Å². The van der Waals surface area contributed by atoms with Crippen LogP contribution in [0.2, 0.25) is 0 Å². The summed E-state index contributed by atoms with van der Waals surface area (Å²) in [6.45, 7) is 13.6. The van der Waals surface area contributed by atoms with Gasteiger partial charge in [0.2, 0.25) is 0 Å². The molecule has 0 aromatic carbocycles. The smallest absolute Gasteiger partial charge is 0.0510 e. The fourth-order valence-corrected chi connectivity index (χ4v) is 1.67. The van der Waals surface area contributed by atoms with Gasteiger partial charge in [-0.25, -0.2) is 0 Å². The Kier molecular flexibility index (Phi) is 6.36. The molecule has 3 heteroatoms. The van der Waals surface area contributed by atoms with E-state index >= 15 is 0 Å². The summed E-state index contributed by atoms with van der Waals surface area (Å²) >= 11 is 0. The third-order valence-corrected chi connectivity index (χ3v) is 2.46. The molecule has 0 heterocycles. The van der Waals surface area contributed by atoms with E-state index in [0.717, 1.165) is 22.5 Å². The van der Waals surface area contributed by atoms with Crippen LogP contribution in [0.15, 0.2) is 47.0 Å². The van der Waals surface area contributed by atoms with Crippen molar-refractivity contribution in [2.75, 3.05) is 0 Å². The maximum absolute atomic E-state index is 5.99. The Hall–Kier alpha value is -1.48. The summed E-state index contributed by atoms with van der Waals surface area (Å²) in [4.78, 5) is 0. The molecule has 0 aromatic rings. The van der Waals surface area contributed by atoms with E-state index in [1.54, 1.807) is 0 Å². The largest absolute Gasteiger partial charge is 0.397 e. The molecule has 96 valence electrons. The molecule has 0 spiro atoms. The Morgan fingerprint density at radius 3 is 2.18 bits per heavy atom. The van der Waals surface area contributed by atoms with E-state index in [2.05, 4.69) is 11.9 Å². The first kappa shape index (κ1) is 15.5. The zero-order valence-electron chi connectivity index (χ0n) is 11.6. The number of hydrogen-bond donors (Lipinski definition) is 3. The van der Waals surface area contributed by atoms with Crippen LogP contribution in [0.3, 0.4) is 0 Å². The van der Waals surface area contributed by atoms with Gasteiger partial charge in [-0.1, -0.05) is 12.7 Å². The normalized spacial score (nSPS) is 16.4. The molecule has 0 saturated carbocycles. The van der Waals surface area contributed by atoms with Gasteiger partial charge in [0, 0.05) is 17.4 Å². The van der Waals surface area contributed by atoms with Gasteiger partial charge in [-0.15, -0.1) is 0 Å². The van der Waals surface area contributed by atoms with Crippen LogP contribution in [0.5, 0.6) is 0 Å². The van der Waals surface area contributed by atoms with Crippen molar-refractivity contribution in [1.29, 1.82) is 0 Å². The molecule has 0 rings (SSSR count). The van der Waals surface area contributed by atoms with Crippen LogP contribution in [0.25, 0.3) is 0 Å². The first-order valence-electron chi connectivity index (χ1n) is 5.78. The fourth-order valence-electron chi connectivity index (χ4n) is 1.67. The van der Waals surface area contributed by atoms with Gasteiger partial charge in [0.15, 0.2) is 0 Å². The van der Waals surface area contributed by atoms with Crippen molar-refractivity contribution in [2.45, 2.75) is 40.7 Å². The number of rotatable bonds is 5. The van der Waals surface area contributed by atoms with Crippen molar-refractivity contribution in [2.24, 2.45) is 11.5 Å². The third kappa shape index (κ3) is 5.41. The molecule has 0 aliphatic heterocycles. The van der Waals surface area contributed by atoms with Gasteiger partial charge in [0.1, 0.15) is 0 Å². The molecule has 0 aromatic heterocycles. The number of hydrogen-bond acceptors (Lipinski definition) is 3. The van der Waals surface area contributed by atoms with E-state index in [1.807, 2.05) is 46.8 Å². The van der Waals surface area contributed by atoms with E-state index in [4.69, 9.17) is 11.5 Å². The molecule has 17 heavy (non-hydrogen) atoms.